The lowest BCUT2D eigenvalue weighted by molar-refractivity contribution is -0.126. The van der Waals surface area contributed by atoms with E-state index in [9.17, 15) is 9.59 Å². The molecule has 0 aliphatic carbocycles. The summed E-state index contributed by atoms with van der Waals surface area (Å²) in [7, 11) is 0. The number of hydrogen-bond acceptors (Lipinski definition) is 4. The number of nitrogens with zero attached hydrogens (tertiary/aromatic N) is 4. The van der Waals surface area contributed by atoms with Crippen molar-refractivity contribution in [3.8, 4) is 5.69 Å². The molecule has 0 atom stereocenters. The molecular formula is C19H24ClN5O2. The van der Waals surface area contributed by atoms with Gasteiger partial charge in [-0.25, -0.2) is 0 Å². The summed E-state index contributed by atoms with van der Waals surface area (Å²) in [6, 6.07) is 7.16. The number of aryl methyl sites for hydroxylation is 1. The molecule has 0 unspecified atom stereocenters. The van der Waals surface area contributed by atoms with Crippen LogP contribution in [-0.2, 0) is 4.79 Å². The Morgan fingerprint density at radius 2 is 2.00 bits per heavy atom. The van der Waals surface area contributed by atoms with E-state index < -0.39 is 0 Å². The van der Waals surface area contributed by atoms with Gasteiger partial charge in [-0.1, -0.05) is 24.6 Å². The van der Waals surface area contributed by atoms with Crippen LogP contribution in [0.5, 0.6) is 0 Å². The van der Waals surface area contributed by atoms with Gasteiger partial charge < -0.3 is 10.2 Å². The van der Waals surface area contributed by atoms with E-state index >= 15 is 0 Å². The summed E-state index contributed by atoms with van der Waals surface area (Å²) in [6.07, 6.45) is 2.26. The first-order valence-electron chi connectivity index (χ1n) is 9.26. The van der Waals surface area contributed by atoms with E-state index in [0.717, 1.165) is 6.42 Å². The molecule has 1 aromatic carbocycles. The standard InChI is InChI=1S/C19H24ClN5O2/c1-3-9-21-18(26)14-7-10-24(11-8-14)19(27)17-13(2)22-25(23-17)16-6-4-5-15(20)12-16/h4-6,12,14H,3,7-11H2,1-2H3,(H,21,26). The molecule has 2 heterocycles. The van der Waals surface area contributed by atoms with E-state index in [1.165, 1.54) is 4.80 Å². The first-order valence-corrected chi connectivity index (χ1v) is 9.64. The van der Waals surface area contributed by atoms with Crippen molar-refractivity contribution < 1.29 is 9.59 Å². The van der Waals surface area contributed by atoms with Gasteiger partial charge in [0.2, 0.25) is 5.91 Å². The van der Waals surface area contributed by atoms with Gasteiger partial charge in [0.1, 0.15) is 0 Å². The summed E-state index contributed by atoms with van der Waals surface area (Å²) < 4.78 is 0. The molecule has 0 spiro atoms. The van der Waals surface area contributed by atoms with Gasteiger partial charge in [0.25, 0.3) is 5.91 Å². The molecule has 0 radical (unpaired) electrons. The maximum Gasteiger partial charge on any atom is 0.276 e. The Morgan fingerprint density at radius 3 is 2.67 bits per heavy atom. The monoisotopic (exact) mass is 389 g/mol. The lowest BCUT2D eigenvalue weighted by atomic mass is 9.95. The highest BCUT2D eigenvalue weighted by atomic mass is 35.5. The summed E-state index contributed by atoms with van der Waals surface area (Å²) in [5.41, 5.74) is 1.61. The van der Waals surface area contributed by atoms with Crippen LogP contribution < -0.4 is 5.32 Å². The molecule has 1 saturated heterocycles. The Morgan fingerprint density at radius 1 is 1.26 bits per heavy atom. The third kappa shape index (κ3) is 4.47. The first kappa shape index (κ1) is 19.4. The number of aromatic nitrogens is 3. The number of nitrogens with one attached hydrogen (secondary N) is 1. The van der Waals surface area contributed by atoms with Crippen molar-refractivity contribution >= 4 is 23.4 Å². The fourth-order valence-corrected chi connectivity index (χ4v) is 3.36. The van der Waals surface area contributed by atoms with Crippen molar-refractivity contribution in [1.29, 1.82) is 0 Å². The van der Waals surface area contributed by atoms with Crippen molar-refractivity contribution in [2.45, 2.75) is 33.1 Å². The van der Waals surface area contributed by atoms with E-state index in [2.05, 4.69) is 15.5 Å². The van der Waals surface area contributed by atoms with Crippen LogP contribution in [0.4, 0.5) is 0 Å². The van der Waals surface area contributed by atoms with Crippen molar-refractivity contribution in [2.75, 3.05) is 19.6 Å². The molecule has 0 saturated carbocycles. The number of halogens is 1. The molecule has 27 heavy (non-hydrogen) atoms. The zero-order valence-electron chi connectivity index (χ0n) is 15.6. The Balaban J connectivity index is 1.66. The zero-order chi connectivity index (χ0) is 19.4. The minimum absolute atomic E-state index is 0.0242. The molecule has 2 aromatic rings. The quantitative estimate of drug-likeness (QED) is 0.852. The molecule has 144 valence electrons. The van der Waals surface area contributed by atoms with Crippen LogP contribution in [0.1, 0.15) is 42.4 Å². The molecular weight excluding hydrogens is 366 g/mol. The number of likely N-dealkylation sites (tertiary alicyclic amines) is 1. The van der Waals surface area contributed by atoms with Crippen LogP contribution in [0.25, 0.3) is 5.69 Å². The molecule has 1 aliphatic heterocycles. The number of carbonyl (C=O) groups is 2. The highest BCUT2D eigenvalue weighted by molar-refractivity contribution is 6.30. The van der Waals surface area contributed by atoms with Gasteiger partial charge in [0.15, 0.2) is 5.69 Å². The Labute approximate surface area is 163 Å². The predicted octanol–water partition coefficient (Wildman–Crippen LogP) is 2.61. The molecule has 2 amide bonds. The number of hydrogen-bond donors (Lipinski definition) is 1. The summed E-state index contributed by atoms with van der Waals surface area (Å²) in [5, 5.41) is 12.2. The SMILES string of the molecule is CCCNC(=O)C1CCN(C(=O)c2nn(-c3cccc(Cl)c3)nc2C)CC1. The minimum Gasteiger partial charge on any atom is -0.356 e. The first-order chi connectivity index (χ1) is 13.0. The fraction of sp³-hybridized carbons (Fsp3) is 0.474. The second kappa shape index (κ2) is 8.52. The summed E-state index contributed by atoms with van der Waals surface area (Å²) >= 11 is 6.02. The van der Waals surface area contributed by atoms with Crippen LogP contribution >= 0.6 is 11.6 Å². The van der Waals surface area contributed by atoms with E-state index in [1.807, 2.05) is 19.1 Å². The van der Waals surface area contributed by atoms with Gasteiger partial charge in [-0.2, -0.15) is 9.90 Å². The van der Waals surface area contributed by atoms with Crippen LogP contribution in [0.2, 0.25) is 5.02 Å². The lowest BCUT2D eigenvalue weighted by Gasteiger charge is -2.30. The van der Waals surface area contributed by atoms with Gasteiger partial charge in [-0.15, -0.1) is 5.10 Å². The third-order valence-electron chi connectivity index (χ3n) is 4.73. The number of piperidine rings is 1. The fourth-order valence-electron chi connectivity index (χ4n) is 3.18. The Kier molecular flexibility index (Phi) is 6.11. The third-order valence-corrected chi connectivity index (χ3v) is 4.96. The minimum atomic E-state index is -0.145. The van der Waals surface area contributed by atoms with Crippen molar-refractivity contribution in [3.05, 3.63) is 40.7 Å². The average Bonchev–Trinajstić information content (AvgIpc) is 3.07. The van der Waals surface area contributed by atoms with E-state index in [-0.39, 0.29) is 17.7 Å². The molecule has 1 N–H and O–H groups in total. The van der Waals surface area contributed by atoms with Gasteiger partial charge in [0, 0.05) is 30.6 Å². The molecule has 1 aliphatic rings. The van der Waals surface area contributed by atoms with Crippen molar-refractivity contribution in [2.24, 2.45) is 5.92 Å². The number of rotatable bonds is 5. The van der Waals surface area contributed by atoms with Gasteiger partial charge >= 0.3 is 0 Å². The predicted molar refractivity (Wildman–Crippen MR) is 103 cm³/mol. The largest absolute Gasteiger partial charge is 0.356 e. The van der Waals surface area contributed by atoms with Crippen LogP contribution in [-0.4, -0.2) is 51.3 Å². The van der Waals surface area contributed by atoms with Gasteiger partial charge in [0.05, 0.1) is 11.4 Å². The summed E-state index contributed by atoms with van der Waals surface area (Å²) in [4.78, 5) is 28.1. The molecule has 1 fully saturated rings. The second-order valence-electron chi connectivity index (χ2n) is 6.76. The van der Waals surface area contributed by atoms with Crippen molar-refractivity contribution in [1.82, 2.24) is 25.2 Å². The maximum atomic E-state index is 12.9. The van der Waals surface area contributed by atoms with Gasteiger partial charge in [-0.3, -0.25) is 9.59 Å². The highest BCUT2D eigenvalue weighted by Crippen LogP contribution is 2.20. The van der Waals surface area contributed by atoms with E-state index in [1.54, 1.807) is 24.0 Å². The van der Waals surface area contributed by atoms with E-state index in [0.29, 0.717) is 54.6 Å². The van der Waals surface area contributed by atoms with Crippen molar-refractivity contribution in [3.63, 3.8) is 0 Å². The van der Waals surface area contributed by atoms with Gasteiger partial charge in [-0.05, 0) is 44.4 Å². The molecule has 0 bridgehead atoms. The summed E-state index contributed by atoms with van der Waals surface area (Å²) in [5.74, 6) is -0.0796. The Hall–Kier alpha value is -2.41. The van der Waals surface area contributed by atoms with E-state index in [4.69, 9.17) is 11.6 Å². The average molecular weight is 390 g/mol. The molecule has 7 nitrogen and oxygen atoms in total. The lowest BCUT2D eigenvalue weighted by Crippen LogP contribution is -2.43. The Bertz CT molecular complexity index is 827. The molecule has 3 rings (SSSR count). The highest BCUT2D eigenvalue weighted by Gasteiger charge is 2.29. The topological polar surface area (TPSA) is 80.1 Å². The number of amides is 2. The summed E-state index contributed by atoms with van der Waals surface area (Å²) in [6.45, 7) is 5.59. The van der Waals surface area contributed by atoms with Crippen LogP contribution in [0, 0.1) is 12.8 Å². The molecule has 8 heteroatoms. The number of benzene rings is 1. The normalized spacial score (nSPS) is 15.0. The zero-order valence-corrected chi connectivity index (χ0v) is 16.4. The van der Waals surface area contributed by atoms with Crippen LogP contribution in [0.3, 0.4) is 0 Å². The number of carbonyl (C=O) groups excluding carboxylic acids is 2. The second-order valence-corrected chi connectivity index (χ2v) is 7.20. The smallest absolute Gasteiger partial charge is 0.276 e. The maximum absolute atomic E-state index is 12.9. The molecule has 1 aromatic heterocycles. The van der Waals surface area contributed by atoms with Crippen LogP contribution in [0.15, 0.2) is 24.3 Å².